The van der Waals surface area contributed by atoms with Gasteiger partial charge in [-0.1, -0.05) is 26.0 Å². The summed E-state index contributed by atoms with van der Waals surface area (Å²) in [6.07, 6.45) is 0.0785. The van der Waals surface area contributed by atoms with Crippen molar-refractivity contribution in [3.05, 3.63) is 29.8 Å². The van der Waals surface area contributed by atoms with Gasteiger partial charge in [-0.25, -0.2) is 0 Å². The minimum absolute atomic E-state index is 0.0233. The van der Waals surface area contributed by atoms with Gasteiger partial charge in [0.15, 0.2) is 0 Å². The Kier molecular flexibility index (Phi) is 7.08. The monoisotopic (exact) mass is 301 g/mol. The Morgan fingerprint density at radius 3 is 2.71 bits per heavy atom. The first-order valence-electron chi connectivity index (χ1n) is 6.85. The molecule has 0 aliphatic rings. The second-order valence-corrected chi connectivity index (χ2v) is 5.29. The number of nitrogens with one attached hydrogen (secondary N) is 1. The molecule has 0 aliphatic heterocycles. The van der Waals surface area contributed by atoms with Crippen LogP contribution in [0.4, 0.5) is 8.78 Å². The Hall–Kier alpha value is -1.69. The summed E-state index contributed by atoms with van der Waals surface area (Å²) in [4.78, 5) is 11.7. The molecule has 1 aromatic rings. The summed E-state index contributed by atoms with van der Waals surface area (Å²) in [7, 11) is 0. The SMILES string of the molecule is CC(C)CC(O)CNC(=O)Cc1cccc(OC(F)F)c1. The number of carbonyl (C=O) groups excluding carboxylic acids is 1. The molecule has 0 heterocycles. The molecule has 1 rings (SSSR count). The number of alkyl halides is 2. The number of ether oxygens (including phenoxy) is 1. The molecule has 0 bridgehead atoms. The van der Waals surface area contributed by atoms with Crippen molar-refractivity contribution in [3.8, 4) is 5.75 Å². The molecule has 1 atom stereocenters. The molecule has 1 aromatic carbocycles. The predicted molar refractivity (Wildman–Crippen MR) is 75.2 cm³/mol. The third-order valence-corrected chi connectivity index (χ3v) is 2.77. The first kappa shape index (κ1) is 17.4. The quantitative estimate of drug-likeness (QED) is 0.775. The molecule has 0 spiro atoms. The van der Waals surface area contributed by atoms with Crippen molar-refractivity contribution in [2.45, 2.75) is 39.4 Å². The van der Waals surface area contributed by atoms with Gasteiger partial charge in [0.25, 0.3) is 0 Å². The molecule has 0 saturated carbocycles. The van der Waals surface area contributed by atoms with Crippen LogP contribution in [0.2, 0.25) is 0 Å². The smallest absolute Gasteiger partial charge is 0.387 e. The van der Waals surface area contributed by atoms with E-state index in [1.807, 2.05) is 13.8 Å². The van der Waals surface area contributed by atoms with Gasteiger partial charge < -0.3 is 15.2 Å². The van der Waals surface area contributed by atoms with Gasteiger partial charge in [-0.2, -0.15) is 8.78 Å². The number of hydrogen-bond donors (Lipinski definition) is 2. The normalized spacial score (nSPS) is 12.5. The van der Waals surface area contributed by atoms with Crippen LogP contribution >= 0.6 is 0 Å². The largest absolute Gasteiger partial charge is 0.435 e. The van der Waals surface area contributed by atoms with E-state index in [9.17, 15) is 18.7 Å². The van der Waals surface area contributed by atoms with Gasteiger partial charge in [-0.3, -0.25) is 4.79 Å². The number of amides is 1. The number of aliphatic hydroxyl groups is 1. The Balaban J connectivity index is 2.44. The number of rotatable bonds is 8. The molecule has 0 saturated heterocycles. The number of halogens is 2. The predicted octanol–water partition coefficient (Wildman–Crippen LogP) is 2.35. The summed E-state index contributed by atoms with van der Waals surface area (Å²) in [6.45, 7) is 1.27. The molecule has 6 heteroatoms. The van der Waals surface area contributed by atoms with E-state index < -0.39 is 12.7 Å². The molecule has 0 radical (unpaired) electrons. The molecule has 4 nitrogen and oxygen atoms in total. The standard InChI is InChI=1S/C15H21F2NO3/c1-10(2)6-12(19)9-18-14(20)8-11-4-3-5-13(7-11)21-15(16)17/h3-5,7,10,12,15,19H,6,8-9H2,1-2H3,(H,18,20). The van der Waals surface area contributed by atoms with Crippen LogP contribution in [-0.4, -0.2) is 30.3 Å². The summed E-state index contributed by atoms with van der Waals surface area (Å²) in [6, 6.07) is 6.01. The number of carbonyl (C=O) groups is 1. The maximum atomic E-state index is 12.1. The van der Waals surface area contributed by atoms with Crippen molar-refractivity contribution in [1.82, 2.24) is 5.32 Å². The third kappa shape index (κ3) is 7.60. The van der Waals surface area contributed by atoms with Gasteiger partial charge >= 0.3 is 6.61 Å². The molecule has 0 aromatic heterocycles. The fourth-order valence-corrected chi connectivity index (χ4v) is 1.94. The average Bonchev–Trinajstić information content (AvgIpc) is 2.35. The second kappa shape index (κ2) is 8.56. The van der Waals surface area contributed by atoms with Crippen LogP contribution in [0.25, 0.3) is 0 Å². The topological polar surface area (TPSA) is 58.6 Å². The van der Waals surface area contributed by atoms with Crippen LogP contribution in [0.15, 0.2) is 24.3 Å². The van der Waals surface area contributed by atoms with Crippen LogP contribution in [-0.2, 0) is 11.2 Å². The van der Waals surface area contributed by atoms with Crippen molar-refractivity contribution in [1.29, 1.82) is 0 Å². The molecular weight excluding hydrogens is 280 g/mol. The highest BCUT2D eigenvalue weighted by Crippen LogP contribution is 2.16. The molecule has 2 N–H and O–H groups in total. The van der Waals surface area contributed by atoms with Gasteiger partial charge in [0.2, 0.25) is 5.91 Å². The van der Waals surface area contributed by atoms with E-state index in [4.69, 9.17) is 0 Å². The Labute approximate surface area is 123 Å². The molecule has 21 heavy (non-hydrogen) atoms. The number of benzene rings is 1. The minimum atomic E-state index is -2.89. The highest BCUT2D eigenvalue weighted by Gasteiger charge is 2.10. The molecule has 1 amide bonds. The minimum Gasteiger partial charge on any atom is -0.435 e. The number of aliphatic hydroxyl groups excluding tert-OH is 1. The first-order chi connectivity index (χ1) is 9.86. The zero-order valence-electron chi connectivity index (χ0n) is 12.2. The Bertz CT molecular complexity index is 452. The van der Waals surface area contributed by atoms with Crippen LogP contribution in [0, 0.1) is 5.92 Å². The van der Waals surface area contributed by atoms with Crippen LogP contribution in [0.5, 0.6) is 5.75 Å². The van der Waals surface area contributed by atoms with Crippen LogP contribution in [0.1, 0.15) is 25.8 Å². The Morgan fingerprint density at radius 1 is 1.38 bits per heavy atom. The lowest BCUT2D eigenvalue weighted by molar-refractivity contribution is -0.120. The molecule has 0 fully saturated rings. The van der Waals surface area contributed by atoms with E-state index in [1.165, 1.54) is 12.1 Å². The van der Waals surface area contributed by atoms with Crippen molar-refractivity contribution < 1.29 is 23.4 Å². The molecule has 1 unspecified atom stereocenters. The first-order valence-corrected chi connectivity index (χ1v) is 6.85. The summed E-state index contributed by atoms with van der Waals surface area (Å²) in [5.74, 6) is 0.0993. The van der Waals surface area contributed by atoms with Crippen molar-refractivity contribution >= 4 is 5.91 Å². The zero-order chi connectivity index (χ0) is 15.8. The van der Waals surface area contributed by atoms with Gasteiger partial charge in [-0.15, -0.1) is 0 Å². The van der Waals surface area contributed by atoms with Crippen LogP contribution in [0.3, 0.4) is 0 Å². The number of hydrogen-bond acceptors (Lipinski definition) is 3. The highest BCUT2D eigenvalue weighted by atomic mass is 19.3. The second-order valence-electron chi connectivity index (χ2n) is 5.29. The maximum absolute atomic E-state index is 12.1. The van der Waals surface area contributed by atoms with Gasteiger partial charge in [0, 0.05) is 6.54 Å². The molecular formula is C15H21F2NO3. The van der Waals surface area contributed by atoms with Gasteiger partial charge in [-0.05, 0) is 30.0 Å². The van der Waals surface area contributed by atoms with E-state index >= 15 is 0 Å². The summed E-state index contributed by atoms with van der Waals surface area (Å²) in [5, 5.41) is 12.3. The summed E-state index contributed by atoms with van der Waals surface area (Å²) in [5.41, 5.74) is 0.573. The van der Waals surface area contributed by atoms with Gasteiger partial charge in [0.05, 0.1) is 12.5 Å². The fraction of sp³-hybridized carbons (Fsp3) is 0.533. The highest BCUT2D eigenvalue weighted by molar-refractivity contribution is 5.78. The fourth-order valence-electron chi connectivity index (χ4n) is 1.94. The van der Waals surface area contributed by atoms with Crippen molar-refractivity contribution in [3.63, 3.8) is 0 Å². The lowest BCUT2D eigenvalue weighted by Gasteiger charge is -2.14. The van der Waals surface area contributed by atoms with Gasteiger partial charge in [0.1, 0.15) is 5.75 Å². The van der Waals surface area contributed by atoms with E-state index in [-0.39, 0.29) is 24.6 Å². The Morgan fingerprint density at radius 2 is 2.10 bits per heavy atom. The zero-order valence-corrected chi connectivity index (χ0v) is 12.2. The lowest BCUT2D eigenvalue weighted by atomic mass is 10.1. The maximum Gasteiger partial charge on any atom is 0.387 e. The molecule has 0 aliphatic carbocycles. The van der Waals surface area contributed by atoms with Crippen molar-refractivity contribution in [2.75, 3.05) is 6.54 Å². The van der Waals surface area contributed by atoms with Crippen LogP contribution < -0.4 is 10.1 Å². The summed E-state index contributed by atoms with van der Waals surface area (Å²) < 4.78 is 28.5. The average molecular weight is 301 g/mol. The molecule has 118 valence electrons. The van der Waals surface area contributed by atoms with E-state index in [0.717, 1.165) is 0 Å². The van der Waals surface area contributed by atoms with E-state index in [1.54, 1.807) is 12.1 Å². The van der Waals surface area contributed by atoms with Crippen molar-refractivity contribution in [2.24, 2.45) is 5.92 Å². The van der Waals surface area contributed by atoms with E-state index in [0.29, 0.717) is 17.9 Å². The van der Waals surface area contributed by atoms with E-state index in [2.05, 4.69) is 10.1 Å². The summed E-state index contributed by atoms with van der Waals surface area (Å²) >= 11 is 0. The lowest BCUT2D eigenvalue weighted by Crippen LogP contribution is -2.33. The third-order valence-electron chi connectivity index (χ3n) is 2.77.